The third-order valence-electron chi connectivity index (χ3n) is 3.78. The van der Waals surface area contributed by atoms with Gasteiger partial charge in [0.15, 0.2) is 0 Å². The smallest absolute Gasteiger partial charge is 0.371 e. The van der Waals surface area contributed by atoms with Crippen LogP contribution in [0.4, 0.5) is 0 Å². The summed E-state index contributed by atoms with van der Waals surface area (Å²) in [6.45, 7) is 0.249. The fraction of sp³-hybridized carbons (Fsp3) is 0.600. The summed E-state index contributed by atoms with van der Waals surface area (Å²) in [4.78, 5) is 22.5. The second-order valence-electron chi connectivity index (χ2n) is 5.41. The Kier molecular flexibility index (Phi) is 5.21. The normalized spacial score (nSPS) is 16.6. The Morgan fingerprint density at radius 1 is 1.20 bits per heavy atom. The van der Waals surface area contributed by atoms with Crippen LogP contribution in [0, 0.1) is 5.92 Å². The van der Waals surface area contributed by atoms with E-state index in [9.17, 15) is 9.59 Å². The lowest BCUT2D eigenvalue weighted by molar-refractivity contribution is -0.122. The minimum atomic E-state index is -1.10. The van der Waals surface area contributed by atoms with Crippen molar-refractivity contribution in [1.29, 1.82) is 0 Å². The minimum Gasteiger partial charge on any atom is -0.475 e. The largest absolute Gasteiger partial charge is 0.475 e. The predicted octanol–water partition coefficient (Wildman–Crippen LogP) is 2.95. The first kappa shape index (κ1) is 14.6. The monoisotopic (exact) mass is 279 g/mol. The molecule has 1 aromatic heterocycles. The van der Waals surface area contributed by atoms with Gasteiger partial charge in [-0.3, -0.25) is 4.79 Å². The number of nitrogens with one attached hydrogen (secondary N) is 1. The number of carbonyl (C=O) groups is 2. The number of amides is 1. The number of aromatic carboxylic acids is 1. The van der Waals surface area contributed by atoms with Crippen LogP contribution in [0.1, 0.15) is 61.3 Å². The molecule has 1 aliphatic rings. The van der Waals surface area contributed by atoms with Crippen LogP contribution >= 0.6 is 0 Å². The highest BCUT2D eigenvalue weighted by atomic mass is 16.4. The van der Waals surface area contributed by atoms with Crippen molar-refractivity contribution in [2.45, 2.75) is 51.5 Å². The van der Waals surface area contributed by atoms with Gasteiger partial charge in [-0.15, -0.1) is 0 Å². The highest BCUT2D eigenvalue weighted by Crippen LogP contribution is 2.25. The molecule has 1 aliphatic carbocycles. The van der Waals surface area contributed by atoms with Gasteiger partial charge in [-0.1, -0.05) is 25.7 Å². The quantitative estimate of drug-likeness (QED) is 0.812. The molecule has 0 aliphatic heterocycles. The molecular weight excluding hydrogens is 258 g/mol. The van der Waals surface area contributed by atoms with E-state index < -0.39 is 5.97 Å². The van der Waals surface area contributed by atoms with Crippen LogP contribution in [0.2, 0.25) is 0 Å². The second kappa shape index (κ2) is 7.12. The summed E-state index contributed by atoms with van der Waals surface area (Å²) in [7, 11) is 0. The van der Waals surface area contributed by atoms with Gasteiger partial charge >= 0.3 is 5.97 Å². The molecule has 0 saturated heterocycles. The lowest BCUT2D eigenvalue weighted by atomic mass is 9.96. The summed E-state index contributed by atoms with van der Waals surface area (Å²) in [5.74, 6) is -0.218. The SMILES string of the molecule is O=C(CC1CCCCCC1)NCc1ccc(C(=O)O)o1. The highest BCUT2D eigenvalue weighted by Gasteiger charge is 2.16. The van der Waals surface area contributed by atoms with E-state index in [1.54, 1.807) is 6.07 Å². The molecule has 1 aromatic rings. The Bertz CT molecular complexity index is 458. The first-order valence-corrected chi connectivity index (χ1v) is 7.24. The van der Waals surface area contributed by atoms with Gasteiger partial charge in [-0.25, -0.2) is 4.79 Å². The number of carboxylic acids is 1. The molecule has 1 heterocycles. The maximum absolute atomic E-state index is 11.9. The molecule has 0 unspecified atom stereocenters. The summed E-state index contributed by atoms with van der Waals surface area (Å²) < 4.78 is 5.09. The van der Waals surface area contributed by atoms with Crippen LogP contribution in [0.3, 0.4) is 0 Å². The molecule has 110 valence electrons. The molecule has 0 atom stereocenters. The summed E-state index contributed by atoms with van der Waals surface area (Å²) in [6, 6.07) is 2.98. The molecule has 1 saturated carbocycles. The minimum absolute atomic E-state index is 0.0187. The molecule has 0 spiro atoms. The summed E-state index contributed by atoms with van der Waals surface area (Å²) >= 11 is 0. The summed E-state index contributed by atoms with van der Waals surface area (Å²) in [5.41, 5.74) is 0. The number of hydrogen-bond acceptors (Lipinski definition) is 3. The molecular formula is C15H21NO4. The molecule has 0 aromatic carbocycles. The average Bonchev–Trinajstić information content (AvgIpc) is 2.75. The van der Waals surface area contributed by atoms with Crippen molar-refractivity contribution >= 4 is 11.9 Å². The number of rotatable bonds is 5. The number of carbonyl (C=O) groups excluding carboxylic acids is 1. The Morgan fingerprint density at radius 2 is 1.90 bits per heavy atom. The molecule has 0 radical (unpaired) electrons. The average molecular weight is 279 g/mol. The van der Waals surface area contributed by atoms with Crippen molar-refractivity contribution < 1.29 is 19.1 Å². The van der Waals surface area contributed by atoms with Gasteiger partial charge in [0.2, 0.25) is 11.7 Å². The third kappa shape index (κ3) is 4.40. The van der Waals surface area contributed by atoms with Crippen molar-refractivity contribution in [2.24, 2.45) is 5.92 Å². The van der Waals surface area contributed by atoms with E-state index in [2.05, 4.69) is 5.32 Å². The molecule has 1 amide bonds. The van der Waals surface area contributed by atoms with Crippen LogP contribution < -0.4 is 5.32 Å². The van der Waals surface area contributed by atoms with Gasteiger partial charge in [0.05, 0.1) is 6.54 Å². The Labute approximate surface area is 118 Å². The number of carboxylic acid groups (broad SMARTS) is 1. The van der Waals surface area contributed by atoms with Gasteiger partial charge < -0.3 is 14.8 Å². The first-order chi connectivity index (χ1) is 9.65. The van der Waals surface area contributed by atoms with Crippen LogP contribution in [0.5, 0.6) is 0 Å². The van der Waals surface area contributed by atoms with Gasteiger partial charge in [0.1, 0.15) is 5.76 Å². The standard InChI is InChI=1S/C15H21NO4/c17-14(9-11-5-3-1-2-4-6-11)16-10-12-7-8-13(20-12)15(18)19/h7-8,11H,1-6,9-10H2,(H,16,17)(H,18,19). The van der Waals surface area contributed by atoms with Gasteiger partial charge in [0.25, 0.3) is 0 Å². The first-order valence-electron chi connectivity index (χ1n) is 7.24. The number of hydrogen-bond donors (Lipinski definition) is 2. The van der Waals surface area contributed by atoms with Crippen LogP contribution in [-0.4, -0.2) is 17.0 Å². The Morgan fingerprint density at radius 3 is 2.50 bits per heavy atom. The van der Waals surface area contributed by atoms with E-state index >= 15 is 0 Å². The van der Waals surface area contributed by atoms with E-state index in [0.717, 1.165) is 12.8 Å². The maximum Gasteiger partial charge on any atom is 0.371 e. The molecule has 2 N–H and O–H groups in total. The maximum atomic E-state index is 11.9. The molecule has 2 rings (SSSR count). The third-order valence-corrected chi connectivity index (χ3v) is 3.78. The summed E-state index contributed by atoms with van der Waals surface area (Å²) in [6.07, 6.45) is 7.84. The van der Waals surface area contributed by atoms with E-state index in [1.165, 1.54) is 31.7 Å². The van der Waals surface area contributed by atoms with Crippen LogP contribution in [0.25, 0.3) is 0 Å². The van der Waals surface area contributed by atoms with E-state index in [1.807, 2.05) is 0 Å². The van der Waals surface area contributed by atoms with E-state index in [-0.39, 0.29) is 18.2 Å². The Balaban J connectivity index is 1.74. The molecule has 0 bridgehead atoms. The van der Waals surface area contributed by atoms with Crippen molar-refractivity contribution in [3.63, 3.8) is 0 Å². The van der Waals surface area contributed by atoms with Crippen molar-refractivity contribution in [3.8, 4) is 0 Å². The zero-order valence-electron chi connectivity index (χ0n) is 11.6. The second-order valence-corrected chi connectivity index (χ2v) is 5.41. The lowest BCUT2D eigenvalue weighted by Gasteiger charge is -2.13. The zero-order chi connectivity index (χ0) is 14.4. The topological polar surface area (TPSA) is 79.5 Å². The van der Waals surface area contributed by atoms with Crippen LogP contribution in [-0.2, 0) is 11.3 Å². The lowest BCUT2D eigenvalue weighted by Crippen LogP contribution is -2.24. The number of furan rings is 1. The fourth-order valence-electron chi connectivity index (χ4n) is 2.68. The van der Waals surface area contributed by atoms with Crippen molar-refractivity contribution in [1.82, 2.24) is 5.32 Å². The van der Waals surface area contributed by atoms with Gasteiger partial charge in [0, 0.05) is 6.42 Å². The Hall–Kier alpha value is -1.78. The van der Waals surface area contributed by atoms with E-state index in [4.69, 9.17) is 9.52 Å². The van der Waals surface area contributed by atoms with Gasteiger partial charge in [-0.2, -0.15) is 0 Å². The van der Waals surface area contributed by atoms with E-state index in [0.29, 0.717) is 18.1 Å². The predicted molar refractivity (Wildman–Crippen MR) is 73.3 cm³/mol. The molecule has 20 heavy (non-hydrogen) atoms. The fourth-order valence-corrected chi connectivity index (χ4v) is 2.68. The van der Waals surface area contributed by atoms with Crippen molar-refractivity contribution in [3.05, 3.63) is 23.7 Å². The molecule has 1 fully saturated rings. The van der Waals surface area contributed by atoms with Gasteiger partial charge in [-0.05, 0) is 30.9 Å². The molecule has 5 nitrogen and oxygen atoms in total. The molecule has 5 heteroatoms. The highest BCUT2D eigenvalue weighted by molar-refractivity contribution is 5.84. The zero-order valence-corrected chi connectivity index (χ0v) is 11.6. The van der Waals surface area contributed by atoms with Crippen molar-refractivity contribution in [2.75, 3.05) is 0 Å². The summed E-state index contributed by atoms with van der Waals surface area (Å²) in [5, 5.41) is 11.5. The van der Waals surface area contributed by atoms with Crippen LogP contribution in [0.15, 0.2) is 16.5 Å².